The van der Waals surface area contributed by atoms with Gasteiger partial charge in [0.05, 0.1) is 13.1 Å². The lowest BCUT2D eigenvalue weighted by Crippen LogP contribution is -2.09. The van der Waals surface area contributed by atoms with E-state index in [1.165, 1.54) is 12.2 Å². The number of carboxylic acids is 2. The van der Waals surface area contributed by atoms with Crippen LogP contribution in [0, 0.1) is 13.1 Å². The third-order valence-corrected chi connectivity index (χ3v) is 8.39. The molecule has 0 aromatic heterocycles. The van der Waals surface area contributed by atoms with Crippen LogP contribution in [0.5, 0.6) is 0 Å². The Hall–Kier alpha value is -7.74. The molecule has 0 heterocycles. The van der Waals surface area contributed by atoms with Crippen molar-refractivity contribution < 1.29 is 19.8 Å². The van der Waals surface area contributed by atoms with Gasteiger partial charge in [0.25, 0.3) is 11.4 Å². The van der Waals surface area contributed by atoms with Crippen molar-refractivity contribution >= 4 is 76.2 Å². The highest BCUT2D eigenvalue weighted by molar-refractivity contribution is 5.95. The number of carboxylic acid groups (broad SMARTS) is 2. The monoisotopic (exact) mass is 689 g/mol. The SMILES string of the molecule is [C-]#[N+]C(=Cc1ccc(C=Cc2ccc(N(c3ccc(C=Cc4ccc(C=C([N+]#[C-])C(=O)O)cc4)cc3)c3ccc4ccccc4c3)cc2)cc1)C(=O)O. The number of anilines is 3. The van der Waals surface area contributed by atoms with Gasteiger partial charge in [-0.15, -0.1) is 0 Å². The van der Waals surface area contributed by atoms with Gasteiger partial charge in [0.2, 0.25) is 0 Å². The molecule has 6 aromatic carbocycles. The highest BCUT2D eigenvalue weighted by Gasteiger charge is 2.13. The van der Waals surface area contributed by atoms with Gasteiger partial charge in [0.15, 0.2) is 0 Å². The standard InChI is InChI=1S/C46H31N3O4/c1-47-43(45(50)51)29-36-15-11-32(12-16-36)7-9-34-19-24-40(25-20-34)49(42-28-23-38-5-3-4-6-39(38)31-42)41-26-21-35(22-27-41)10-8-33-13-17-37(18-14-33)30-44(48-2)46(52)53/h3-31H,(H,50,51)(H,52,53). The minimum absolute atomic E-state index is 0.328. The molecule has 7 nitrogen and oxygen atoms in total. The van der Waals surface area contributed by atoms with E-state index in [2.05, 4.69) is 93.5 Å². The van der Waals surface area contributed by atoms with E-state index < -0.39 is 11.9 Å². The molecule has 0 aliphatic heterocycles. The van der Waals surface area contributed by atoms with Crippen LogP contribution in [0.25, 0.3) is 56.9 Å². The van der Waals surface area contributed by atoms with Crippen LogP contribution in [0.3, 0.4) is 0 Å². The molecule has 254 valence electrons. The van der Waals surface area contributed by atoms with Gasteiger partial charge in [-0.2, -0.15) is 0 Å². The molecule has 6 rings (SSSR count). The molecule has 0 unspecified atom stereocenters. The summed E-state index contributed by atoms with van der Waals surface area (Å²) >= 11 is 0. The average molecular weight is 690 g/mol. The number of benzene rings is 6. The van der Waals surface area contributed by atoms with Crippen LogP contribution in [0.2, 0.25) is 0 Å². The third-order valence-electron chi connectivity index (χ3n) is 8.39. The van der Waals surface area contributed by atoms with Gasteiger partial charge in [0, 0.05) is 17.1 Å². The minimum atomic E-state index is -1.25. The first-order valence-corrected chi connectivity index (χ1v) is 16.5. The molecule has 0 radical (unpaired) electrons. The van der Waals surface area contributed by atoms with Gasteiger partial charge in [-0.05, 0) is 92.7 Å². The van der Waals surface area contributed by atoms with Gasteiger partial charge < -0.3 is 15.1 Å². The van der Waals surface area contributed by atoms with Crippen molar-refractivity contribution in [2.24, 2.45) is 0 Å². The van der Waals surface area contributed by atoms with Crippen molar-refractivity contribution in [1.29, 1.82) is 0 Å². The number of fused-ring (bicyclic) bond motifs is 1. The molecule has 0 saturated heterocycles. The Morgan fingerprint density at radius 1 is 0.453 bits per heavy atom. The summed E-state index contributed by atoms with van der Waals surface area (Å²) < 4.78 is 0. The van der Waals surface area contributed by atoms with Crippen molar-refractivity contribution in [2.75, 3.05) is 4.90 Å². The van der Waals surface area contributed by atoms with E-state index in [-0.39, 0.29) is 11.4 Å². The van der Waals surface area contributed by atoms with E-state index in [1.807, 2.05) is 60.7 Å². The van der Waals surface area contributed by atoms with Gasteiger partial charge in [-0.1, -0.05) is 127 Å². The lowest BCUT2D eigenvalue weighted by Gasteiger charge is -2.26. The topological polar surface area (TPSA) is 86.6 Å². The second-order valence-corrected chi connectivity index (χ2v) is 11.9. The molecule has 0 fully saturated rings. The molecule has 0 aliphatic carbocycles. The van der Waals surface area contributed by atoms with Crippen molar-refractivity contribution in [2.45, 2.75) is 0 Å². The maximum absolute atomic E-state index is 11.2. The summed E-state index contributed by atoms with van der Waals surface area (Å²) in [6.45, 7) is 14.1. The summed E-state index contributed by atoms with van der Waals surface area (Å²) in [5, 5.41) is 20.5. The van der Waals surface area contributed by atoms with Crippen molar-refractivity contribution in [3.05, 3.63) is 207 Å². The summed E-state index contributed by atoms with van der Waals surface area (Å²) in [4.78, 5) is 30.6. The fourth-order valence-corrected chi connectivity index (χ4v) is 5.62. The van der Waals surface area contributed by atoms with Crippen molar-refractivity contribution in [3.8, 4) is 0 Å². The molecule has 53 heavy (non-hydrogen) atoms. The number of rotatable bonds is 11. The molecule has 0 bridgehead atoms. The summed E-state index contributed by atoms with van der Waals surface area (Å²) in [5.74, 6) is -2.49. The highest BCUT2D eigenvalue weighted by Crippen LogP contribution is 2.36. The molecule has 2 N–H and O–H groups in total. The zero-order valence-corrected chi connectivity index (χ0v) is 28.3. The second-order valence-electron chi connectivity index (χ2n) is 11.9. The molecule has 0 saturated carbocycles. The zero-order chi connectivity index (χ0) is 37.2. The van der Waals surface area contributed by atoms with E-state index in [4.69, 9.17) is 23.4 Å². The van der Waals surface area contributed by atoms with Crippen LogP contribution in [0.4, 0.5) is 17.1 Å². The largest absolute Gasteiger partial charge is 0.486 e. The lowest BCUT2D eigenvalue weighted by atomic mass is 10.1. The average Bonchev–Trinajstić information content (AvgIpc) is 3.19. The van der Waals surface area contributed by atoms with Gasteiger partial charge >= 0.3 is 11.9 Å². The first-order valence-electron chi connectivity index (χ1n) is 16.5. The van der Waals surface area contributed by atoms with Crippen LogP contribution in [-0.4, -0.2) is 22.2 Å². The van der Waals surface area contributed by atoms with Gasteiger partial charge in [-0.3, -0.25) is 9.59 Å². The lowest BCUT2D eigenvalue weighted by molar-refractivity contribution is -0.133. The Morgan fingerprint density at radius 2 is 0.792 bits per heavy atom. The Morgan fingerprint density at radius 3 is 1.17 bits per heavy atom. The number of aliphatic carboxylic acids is 2. The Bertz CT molecular complexity index is 2360. The van der Waals surface area contributed by atoms with Crippen LogP contribution in [0.15, 0.2) is 151 Å². The van der Waals surface area contributed by atoms with Crippen LogP contribution >= 0.6 is 0 Å². The minimum Gasteiger partial charge on any atom is -0.486 e. The number of hydrogen-bond acceptors (Lipinski definition) is 3. The molecule has 0 atom stereocenters. The molecule has 0 amide bonds. The molecular weight excluding hydrogens is 659 g/mol. The summed E-state index contributed by atoms with van der Waals surface area (Å²) in [7, 11) is 0. The quantitative estimate of drug-likeness (QED) is 0.0803. The van der Waals surface area contributed by atoms with E-state index in [9.17, 15) is 9.59 Å². The smallest absolute Gasteiger partial charge is 0.333 e. The highest BCUT2D eigenvalue weighted by atomic mass is 16.4. The Labute approximate surface area is 307 Å². The van der Waals surface area contributed by atoms with E-state index >= 15 is 0 Å². The van der Waals surface area contributed by atoms with E-state index in [0.717, 1.165) is 50.1 Å². The van der Waals surface area contributed by atoms with Crippen LogP contribution in [0.1, 0.15) is 33.4 Å². The van der Waals surface area contributed by atoms with E-state index in [1.54, 1.807) is 24.3 Å². The first-order chi connectivity index (χ1) is 25.8. The molecule has 7 heteroatoms. The summed E-state index contributed by atoms with van der Waals surface area (Å²) in [5.41, 5.74) is 7.54. The number of carbonyl (C=O) groups is 2. The maximum Gasteiger partial charge on any atom is 0.333 e. The Kier molecular flexibility index (Phi) is 10.8. The summed E-state index contributed by atoms with van der Waals surface area (Å²) in [6.07, 6.45) is 10.7. The second kappa shape index (κ2) is 16.3. The van der Waals surface area contributed by atoms with Crippen molar-refractivity contribution in [3.63, 3.8) is 0 Å². The predicted molar refractivity (Wildman–Crippen MR) is 214 cm³/mol. The fraction of sp³-hybridized carbons (Fsp3) is 0. The number of hydrogen-bond donors (Lipinski definition) is 2. The molecular formula is C46H31N3O4. The van der Waals surface area contributed by atoms with Crippen LogP contribution < -0.4 is 4.90 Å². The third kappa shape index (κ3) is 8.90. The normalized spacial score (nSPS) is 11.7. The summed E-state index contributed by atoms with van der Waals surface area (Å²) in [6, 6.07) is 46.0. The fourth-order valence-electron chi connectivity index (χ4n) is 5.62. The van der Waals surface area contributed by atoms with Crippen LogP contribution in [-0.2, 0) is 9.59 Å². The Balaban J connectivity index is 1.23. The van der Waals surface area contributed by atoms with Gasteiger partial charge in [0.1, 0.15) is 0 Å². The van der Waals surface area contributed by atoms with E-state index in [0.29, 0.717) is 11.1 Å². The zero-order valence-electron chi connectivity index (χ0n) is 28.3. The maximum atomic E-state index is 11.2. The predicted octanol–water partition coefficient (Wildman–Crippen LogP) is 11.3. The molecule has 0 aliphatic rings. The first kappa shape index (κ1) is 35.1. The van der Waals surface area contributed by atoms with Gasteiger partial charge in [-0.25, -0.2) is 9.69 Å². The molecule has 0 spiro atoms. The van der Waals surface area contributed by atoms with Crippen molar-refractivity contribution in [1.82, 2.24) is 0 Å². The molecule has 6 aromatic rings. The number of nitrogens with zero attached hydrogens (tertiary/aromatic N) is 3.